The van der Waals surface area contributed by atoms with E-state index in [2.05, 4.69) is 46.2 Å². The van der Waals surface area contributed by atoms with E-state index in [9.17, 15) is 0 Å². The number of hydrogen-bond donors (Lipinski definition) is 0. The molecule has 0 heterocycles. The summed E-state index contributed by atoms with van der Waals surface area (Å²) in [7, 11) is 2.77. The van der Waals surface area contributed by atoms with Crippen molar-refractivity contribution >= 4 is 40.9 Å². The van der Waals surface area contributed by atoms with Gasteiger partial charge in [0.25, 0.3) is 0 Å². The van der Waals surface area contributed by atoms with E-state index in [4.69, 9.17) is 0 Å². The molecule has 0 spiro atoms. The summed E-state index contributed by atoms with van der Waals surface area (Å²) in [6, 6.07) is 0. The Bertz CT molecular complexity index is 26.5. The van der Waals surface area contributed by atoms with Crippen molar-refractivity contribution in [3.63, 3.8) is 0 Å². The van der Waals surface area contributed by atoms with Gasteiger partial charge in [0.1, 0.15) is 0 Å². The van der Waals surface area contributed by atoms with Crippen molar-refractivity contribution in [1.29, 1.82) is 0 Å². The Hall–Kier alpha value is 2.65. The van der Waals surface area contributed by atoms with Crippen LogP contribution in [0.2, 0.25) is 0 Å². The summed E-state index contributed by atoms with van der Waals surface area (Å²) in [5.41, 5.74) is 0. The summed E-state index contributed by atoms with van der Waals surface area (Å²) >= 11 is 9.74. The van der Waals surface area contributed by atoms with Crippen molar-refractivity contribution in [2.75, 3.05) is 14.1 Å². The van der Waals surface area contributed by atoms with Crippen molar-refractivity contribution in [2.45, 2.75) is 0 Å². The molecule has 1 nitrogen and oxygen atoms in total. The first-order valence-electron chi connectivity index (χ1n) is 1.30. The van der Waals surface area contributed by atoms with E-state index in [0.29, 0.717) is 0 Å². The number of nitrogens with zero attached hydrogens (tertiary/aromatic N) is 1. The average molecular weight is 486 g/mol. The van der Waals surface area contributed by atoms with Crippen molar-refractivity contribution in [2.24, 2.45) is 0 Å². The molecular formula is C2H6Br3NRu2. The molecule has 8 heavy (non-hydrogen) atoms. The van der Waals surface area contributed by atoms with Crippen LogP contribution in [-0.4, -0.2) is 14.1 Å². The van der Waals surface area contributed by atoms with Gasteiger partial charge in [0.15, 0.2) is 0 Å². The fraction of sp³-hybridized carbons (Fsp3) is 1.00. The van der Waals surface area contributed by atoms with Crippen molar-refractivity contribution < 1.29 is 29.5 Å². The van der Waals surface area contributed by atoms with E-state index in [-0.39, 0.29) is 19.5 Å². The molecule has 0 amide bonds. The van der Waals surface area contributed by atoms with E-state index in [1.807, 2.05) is 0 Å². The van der Waals surface area contributed by atoms with Crippen LogP contribution in [0.1, 0.15) is 0 Å². The molecular weight excluding hydrogens is 480 g/mol. The summed E-state index contributed by atoms with van der Waals surface area (Å²) in [4.78, 5) is 0. The van der Waals surface area contributed by atoms with Gasteiger partial charge in [-0.15, -0.1) is 0 Å². The van der Waals surface area contributed by atoms with Crippen LogP contribution in [0.4, 0.5) is 0 Å². The number of rotatable bonds is 0. The van der Waals surface area contributed by atoms with Crippen LogP contribution in [0.15, 0.2) is 0 Å². The molecule has 0 aromatic heterocycles. The summed E-state index contributed by atoms with van der Waals surface area (Å²) in [6.07, 6.45) is 0. The van der Waals surface area contributed by atoms with Crippen LogP contribution >= 0.6 is 40.9 Å². The molecule has 56 valence electrons. The van der Waals surface area contributed by atoms with Gasteiger partial charge in [0.05, 0.1) is 0 Å². The van der Waals surface area contributed by atoms with Crippen molar-refractivity contribution in [1.82, 2.24) is 0 Å². The SMILES string of the molecule is C[N-]C.[Br][Ru]([Br])[Br].[Ru+]. The first-order chi connectivity index (χ1) is 3.15. The Kier molecular flexibility index (Phi) is 34.6. The van der Waals surface area contributed by atoms with Crippen LogP contribution in [0.25, 0.3) is 5.32 Å². The molecule has 0 unspecified atom stereocenters. The van der Waals surface area contributed by atoms with Gasteiger partial charge in [-0.1, -0.05) is 0 Å². The van der Waals surface area contributed by atoms with Gasteiger partial charge in [0, 0.05) is 0 Å². The smallest absolute Gasteiger partial charge is 1.00 e. The summed E-state index contributed by atoms with van der Waals surface area (Å²) < 4.78 is 0. The predicted molar refractivity (Wildman–Crippen MR) is 42.0 cm³/mol. The van der Waals surface area contributed by atoms with Crippen molar-refractivity contribution in [3.05, 3.63) is 5.32 Å². The molecule has 0 saturated carbocycles. The minimum Gasteiger partial charge on any atom is 1.00 e. The first-order valence-corrected chi connectivity index (χ1v) is 13.2. The minimum atomic E-state index is -0.732. The van der Waals surface area contributed by atoms with Gasteiger partial charge in [-0.25, -0.2) is 0 Å². The van der Waals surface area contributed by atoms with E-state index in [0.717, 1.165) is 0 Å². The third kappa shape index (κ3) is 72.2. The maximum absolute atomic E-state index is 3.50. The molecule has 0 saturated heterocycles. The second kappa shape index (κ2) is 16.3. The Morgan fingerprint density at radius 2 is 1.12 bits per heavy atom. The fourth-order valence-corrected chi connectivity index (χ4v) is 0. The molecule has 6 heteroatoms. The van der Waals surface area contributed by atoms with Crippen LogP contribution < -0.4 is 0 Å². The second-order valence-corrected chi connectivity index (χ2v) is 24.7. The third-order valence-corrected chi connectivity index (χ3v) is 0. The normalized spacial score (nSPS) is 7.88. The van der Waals surface area contributed by atoms with Gasteiger partial charge in [0.2, 0.25) is 0 Å². The Morgan fingerprint density at radius 3 is 1.12 bits per heavy atom. The molecule has 0 aromatic carbocycles. The Balaban J connectivity index is -0.0000000575. The van der Waals surface area contributed by atoms with Crippen LogP contribution in [0.3, 0.4) is 0 Å². The summed E-state index contributed by atoms with van der Waals surface area (Å²) in [5.74, 6) is 0. The summed E-state index contributed by atoms with van der Waals surface area (Å²) in [5, 5.41) is 3.50. The average Bonchev–Trinajstić information content (AvgIpc) is 1.33. The van der Waals surface area contributed by atoms with Crippen LogP contribution in [0, 0.1) is 0 Å². The van der Waals surface area contributed by atoms with E-state index in [1.165, 1.54) is 0 Å². The molecule has 1 radical (unpaired) electrons. The monoisotopic (exact) mass is 485 g/mol. The van der Waals surface area contributed by atoms with E-state index < -0.39 is 10.1 Å². The van der Waals surface area contributed by atoms with Gasteiger partial charge in [-0.05, 0) is 0 Å². The van der Waals surface area contributed by atoms with Gasteiger partial charge >= 0.3 is 70.4 Å². The zero-order chi connectivity index (χ0) is 6.28. The zero-order valence-electron chi connectivity index (χ0n) is 4.29. The van der Waals surface area contributed by atoms with E-state index in [1.54, 1.807) is 14.1 Å². The van der Waals surface area contributed by atoms with Gasteiger partial charge in [-0.3, -0.25) is 0 Å². The standard InChI is InChI=1S/C2H6N.3BrH.2Ru/c1-3-2;;;;;/h1-2H3;3*1H;;/q-1;;;;+1;+3/p-3. The van der Waals surface area contributed by atoms with Gasteiger partial charge in [-0.2, -0.15) is 14.1 Å². The minimum absolute atomic E-state index is 0. The Labute approximate surface area is 88.5 Å². The molecule has 0 aliphatic heterocycles. The molecule has 0 fully saturated rings. The Morgan fingerprint density at radius 1 is 1.12 bits per heavy atom. The molecule has 0 aromatic rings. The molecule has 0 N–H and O–H groups in total. The topological polar surface area (TPSA) is 14.1 Å². The largest absolute Gasteiger partial charge is 1.00 e. The number of halogens is 3. The second-order valence-electron chi connectivity index (χ2n) is 0.599. The third-order valence-electron chi connectivity index (χ3n) is 0. The van der Waals surface area contributed by atoms with Crippen LogP contribution in [-0.2, 0) is 29.5 Å². The molecule has 0 aliphatic rings. The molecule has 0 aliphatic carbocycles. The fourth-order valence-electron chi connectivity index (χ4n) is 0. The molecule has 0 atom stereocenters. The summed E-state index contributed by atoms with van der Waals surface area (Å²) in [6.45, 7) is 0. The zero-order valence-corrected chi connectivity index (χ0v) is 12.5. The first kappa shape index (κ1) is 16.9. The molecule has 0 bridgehead atoms. The van der Waals surface area contributed by atoms with Crippen molar-refractivity contribution in [3.8, 4) is 0 Å². The van der Waals surface area contributed by atoms with E-state index >= 15 is 0 Å². The maximum atomic E-state index is 3.50. The molecule has 0 rings (SSSR count). The van der Waals surface area contributed by atoms with Crippen LogP contribution in [0.5, 0.6) is 0 Å². The van der Waals surface area contributed by atoms with Gasteiger partial charge < -0.3 is 5.32 Å². The maximum Gasteiger partial charge on any atom is 1.00 e. The predicted octanol–water partition coefficient (Wildman–Crippen LogP) is 3.15. The number of hydrogen-bond acceptors (Lipinski definition) is 0. The quantitative estimate of drug-likeness (QED) is 0.468.